The molecule has 90 valence electrons. The van der Waals surface area contributed by atoms with Gasteiger partial charge in [0.15, 0.2) is 0 Å². The zero-order chi connectivity index (χ0) is 12.3. The Bertz CT molecular complexity index is 538. The van der Waals surface area contributed by atoms with Crippen LogP contribution < -0.4 is 5.32 Å². The van der Waals surface area contributed by atoms with E-state index in [9.17, 15) is 9.18 Å². The number of hydrogen-bond donors (Lipinski definition) is 2. The lowest BCUT2D eigenvalue weighted by molar-refractivity contribution is -0.120. The normalized spacial score (nSPS) is 10.7. The van der Waals surface area contributed by atoms with E-state index in [0.29, 0.717) is 11.3 Å². The smallest absolute Gasteiger partial charge is 0.226 e. The van der Waals surface area contributed by atoms with E-state index in [4.69, 9.17) is 5.11 Å². The predicted molar refractivity (Wildman–Crippen MR) is 58.9 cm³/mol. The van der Waals surface area contributed by atoms with Gasteiger partial charge in [-0.3, -0.25) is 4.79 Å². The summed E-state index contributed by atoms with van der Waals surface area (Å²) in [6.07, 6.45) is 3.03. The molecule has 2 heterocycles. The second-order valence-corrected chi connectivity index (χ2v) is 3.60. The molecular weight excluding hydrogens is 225 g/mol. The van der Waals surface area contributed by atoms with Crippen LogP contribution in [0.3, 0.4) is 0 Å². The van der Waals surface area contributed by atoms with Crippen LogP contribution in [-0.2, 0) is 11.2 Å². The molecule has 6 heteroatoms. The summed E-state index contributed by atoms with van der Waals surface area (Å²) in [5, 5.41) is 11.1. The van der Waals surface area contributed by atoms with E-state index in [2.05, 4.69) is 10.3 Å². The van der Waals surface area contributed by atoms with Crippen molar-refractivity contribution in [3.8, 4) is 0 Å². The molecule has 0 saturated heterocycles. The van der Waals surface area contributed by atoms with Crippen molar-refractivity contribution in [1.29, 1.82) is 0 Å². The number of fused-ring (bicyclic) bond motifs is 1. The van der Waals surface area contributed by atoms with Crippen LogP contribution in [-0.4, -0.2) is 33.6 Å². The maximum Gasteiger partial charge on any atom is 0.226 e. The Hall–Kier alpha value is -1.95. The third-order valence-corrected chi connectivity index (χ3v) is 2.24. The molecule has 0 radical (unpaired) electrons. The highest BCUT2D eigenvalue weighted by atomic mass is 19.1. The molecule has 0 aliphatic carbocycles. The second kappa shape index (κ2) is 4.92. The van der Waals surface area contributed by atoms with Gasteiger partial charge in [-0.05, 0) is 12.1 Å². The minimum Gasteiger partial charge on any atom is -0.395 e. The van der Waals surface area contributed by atoms with Gasteiger partial charge in [-0.1, -0.05) is 0 Å². The first-order valence-corrected chi connectivity index (χ1v) is 5.20. The lowest BCUT2D eigenvalue weighted by atomic mass is 10.3. The maximum atomic E-state index is 12.9. The number of rotatable bonds is 4. The quantitative estimate of drug-likeness (QED) is 0.794. The van der Waals surface area contributed by atoms with Crippen LogP contribution in [0.25, 0.3) is 5.65 Å². The van der Waals surface area contributed by atoms with E-state index in [0.717, 1.165) is 0 Å². The zero-order valence-corrected chi connectivity index (χ0v) is 9.06. The molecule has 0 fully saturated rings. The van der Waals surface area contributed by atoms with E-state index in [1.165, 1.54) is 16.7 Å². The summed E-state index contributed by atoms with van der Waals surface area (Å²) in [5.74, 6) is -0.575. The molecule has 0 atom stereocenters. The lowest BCUT2D eigenvalue weighted by Gasteiger charge is -1.99. The van der Waals surface area contributed by atoms with Crippen molar-refractivity contribution in [3.63, 3.8) is 0 Å². The number of imidazole rings is 1. The number of hydrogen-bond acceptors (Lipinski definition) is 3. The van der Waals surface area contributed by atoms with Crippen LogP contribution >= 0.6 is 0 Å². The fraction of sp³-hybridized carbons (Fsp3) is 0.273. The first-order chi connectivity index (χ1) is 8.19. The summed E-state index contributed by atoms with van der Waals surface area (Å²) in [7, 11) is 0. The molecule has 0 aliphatic heterocycles. The molecule has 0 bridgehead atoms. The molecule has 0 aliphatic rings. The Morgan fingerprint density at radius 1 is 1.47 bits per heavy atom. The highest BCUT2D eigenvalue weighted by Gasteiger charge is 2.07. The Morgan fingerprint density at radius 3 is 3.06 bits per heavy atom. The van der Waals surface area contributed by atoms with Gasteiger partial charge in [0.1, 0.15) is 11.5 Å². The van der Waals surface area contributed by atoms with E-state index in [1.807, 2.05) is 0 Å². The van der Waals surface area contributed by atoms with Gasteiger partial charge >= 0.3 is 0 Å². The fourth-order valence-electron chi connectivity index (χ4n) is 1.52. The van der Waals surface area contributed by atoms with Crippen molar-refractivity contribution < 1.29 is 14.3 Å². The third-order valence-electron chi connectivity index (χ3n) is 2.24. The van der Waals surface area contributed by atoms with Gasteiger partial charge in [-0.2, -0.15) is 0 Å². The van der Waals surface area contributed by atoms with Gasteiger partial charge in [0.25, 0.3) is 0 Å². The maximum absolute atomic E-state index is 12.9. The van der Waals surface area contributed by atoms with Crippen LogP contribution in [0.15, 0.2) is 24.5 Å². The topological polar surface area (TPSA) is 66.6 Å². The molecule has 2 aromatic heterocycles. The van der Waals surface area contributed by atoms with E-state index < -0.39 is 0 Å². The number of nitrogens with zero attached hydrogens (tertiary/aromatic N) is 2. The molecule has 2 aromatic rings. The summed E-state index contributed by atoms with van der Waals surface area (Å²) < 4.78 is 14.5. The largest absolute Gasteiger partial charge is 0.395 e. The number of carbonyl (C=O) groups is 1. The monoisotopic (exact) mass is 237 g/mol. The average molecular weight is 237 g/mol. The molecule has 0 aromatic carbocycles. The van der Waals surface area contributed by atoms with Crippen molar-refractivity contribution in [2.75, 3.05) is 13.2 Å². The number of aliphatic hydroxyl groups is 1. The number of nitrogens with one attached hydrogen (secondary N) is 1. The second-order valence-electron chi connectivity index (χ2n) is 3.60. The van der Waals surface area contributed by atoms with Gasteiger partial charge in [0.2, 0.25) is 5.91 Å². The number of pyridine rings is 1. The van der Waals surface area contributed by atoms with Crippen LogP contribution in [0.2, 0.25) is 0 Å². The highest BCUT2D eigenvalue weighted by molar-refractivity contribution is 5.78. The van der Waals surface area contributed by atoms with Gasteiger partial charge in [0.05, 0.1) is 18.7 Å². The van der Waals surface area contributed by atoms with Gasteiger partial charge < -0.3 is 14.8 Å². The Balaban J connectivity index is 2.11. The highest BCUT2D eigenvalue weighted by Crippen LogP contribution is 2.07. The number of carbonyl (C=O) groups excluding carboxylic acids is 1. The first-order valence-electron chi connectivity index (χ1n) is 5.20. The summed E-state index contributed by atoms with van der Waals surface area (Å²) in [5.41, 5.74) is 1.15. The summed E-state index contributed by atoms with van der Waals surface area (Å²) in [6.45, 7) is 0.128. The molecule has 2 N–H and O–H groups in total. The number of amides is 1. The summed E-state index contributed by atoms with van der Waals surface area (Å²) in [6, 6.07) is 2.86. The number of aromatic nitrogens is 2. The van der Waals surface area contributed by atoms with Crippen molar-refractivity contribution in [2.24, 2.45) is 0 Å². The van der Waals surface area contributed by atoms with Gasteiger partial charge in [0, 0.05) is 18.9 Å². The Kier molecular flexibility index (Phi) is 3.34. The first kappa shape index (κ1) is 11.5. The minimum absolute atomic E-state index is 0.0951. The molecule has 1 amide bonds. The predicted octanol–water partition coefficient (Wildman–Crippen LogP) is 0.124. The zero-order valence-electron chi connectivity index (χ0n) is 9.06. The fourth-order valence-corrected chi connectivity index (χ4v) is 1.52. The third kappa shape index (κ3) is 2.79. The van der Waals surface area contributed by atoms with E-state index in [1.54, 1.807) is 12.3 Å². The van der Waals surface area contributed by atoms with Gasteiger partial charge in [-0.25, -0.2) is 9.37 Å². The van der Waals surface area contributed by atoms with Crippen molar-refractivity contribution in [3.05, 3.63) is 36.0 Å². The van der Waals surface area contributed by atoms with Crippen LogP contribution in [0.5, 0.6) is 0 Å². The van der Waals surface area contributed by atoms with Crippen LogP contribution in [0.4, 0.5) is 4.39 Å². The molecule has 0 unspecified atom stereocenters. The number of aliphatic hydroxyl groups excluding tert-OH is 1. The summed E-state index contributed by atoms with van der Waals surface area (Å²) >= 11 is 0. The van der Waals surface area contributed by atoms with Crippen molar-refractivity contribution >= 4 is 11.6 Å². The van der Waals surface area contributed by atoms with E-state index in [-0.39, 0.29) is 31.3 Å². The number of halogens is 1. The molecule has 0 saturated carbocycles. The lowest BCUT2D eigenvalue weighted by Crippen LogP contribution is -2.27. The van der Waals surface area contributed by atoms with Gasteiger partial charge in [-0.15, -0.1) is 0 Å². The molecular formula is C11H12FN3O2. The Morgan fingerprint density at radius 2 is 2.29 bits per heavy atom. The molecule has 5 nitrogen and oxygen atoms in total. The van der Waals surface area contributed by atoms with Crippen molar-refractivity contribution in [1.82, 2.24) is 14.7 Å². The average Bonchev–Trinajstić information content (AvgIpc) is 2.67. The molecule has 2 rings (SSSR count). The SMILES string of the molecule is O=C(Cc1cn2cc(F)ccc2n1)NCCO. The van der Waals surface area contributed by atoms with Crippen molar-refractivity contribution in [2.45, 2.75) is 6.42 Å². The molecule has 0 spiro atoms. The standard InChI is InChI=1S/C11H12FN3O2/c12-8-1-2-10-14-9(7-15(10)6-8)5-11(17)13-3-4-16/h1-2,6-7,16H,3-5H2,(H,13,17). The molecule has 17 heavy (non-hydrogen) atoms. The van der Waals surface area contributed by atoms with Crippen LogP contribution in [0, 0.1) is 5.82 Å². The van der Waals surface area contributed by atoms with E-state index >= 15 is 0 Å². The summed E-state index contributed by atoms with van der Waals surface area (Å²) in [4.78, 5) is 15.5. The van der Waals surface area contributed by atoms with Crippen LogP contribution in [0.1, 0.15) is 5.69 Å². The Labute approximate surface area is 96.9 Å². The minimum atomic E-state index is -0.355.